The van der Waals surface area contributed by atoms with Crippen LogP contribution in [0.2, 0.25) is 0 Å². The molecule has 2 saturated carbocycles. The average Bonchev–Trinajstić information content (AvgIpc) is 2.32. The summed E-state index contributed by atoms with van der Waals surface area (Å²) in [6, 6.07) is -0.0289. The molecule has 13 heavy (non-hydrogen) atoms. The SMILES string of the molecule is CC12CCC(C(N)/C1=N\O)C2(C)C. The topological polar surface area (TPSA) is 58.6 Å². The molecule has 0 aromatic heterocycles. The molecule has 3 nitrogen and oxygen atoms in total. The van der Waals surface area contributed by atoms with Gasteiger partial charge >= 0.3 is 0 Å². The van der Waals surface area contributed by atoms with Gasteiger partial charge in [-0.3, -0.25) is 0 Å². The monoisotopic (exact) mass is 182 g/mol. The zero-order valence-electron chi connectivity index (χ0n) is 8.54. The lowest BCUT2D eigenvalue weighted by atomic mass is 9.70. The molecule has 0 amide bonds. The van der Waals surface area contributed by atoms with E-state index in [0.717, 1.165) is 12.1 Å². The number of hydrogen-bond donors (Lipinski definition) is 2. The van der Waals surface area contributed by atoms with Gasteiger partial charge in [0.2, 0.25) is 0 Å². The minimum Gasteiger partial charge on any atom is -0.411 e. The highest BCUT2D eigenvalue weighted by Gasteiger charge is 2.64. The minimum absolute atomic E-state index is 0.0197. The van der Waals surface area contributed by atoms with Gasteiger partial charge in [0.05, 0.1) is 11.8 Å². The zero-order chi connectivity index (χ0) is 9.85. The Kier molecular flexibility index (Phi) is 1.57. The lowest BCUT2D eigenvalue weighted by Crippen LogP contribution is -2.39. The van der Waals surface area contributed by atoms with Gasteiger partial charge in [0.15, 0.2) is 0 Å². The van der Waals surface area contributed by atoms with Gasteiger partial charge in [-0.1, -0.05) is 25.9 Å². The van der Waals surface area contributed by atoms with Crippen molar-refractivity contribution in [2.24, 2.45) is 27.6 Å². The van der Waals surface area contributed by atoms with E-state index in [2.05, 4.69) is 25.9 Å². The molecule has 2 rings (SSSR count). The van der Waals surface area contributed by atoms with E-state index < -0.39 is 0 Å². The van der Waals surface area contributed by atoms with Crippen molar-refractivity contribution in [3.05, 3.63) is 0 Å². The predicted octanol–water partition coefficient (Wildman–Crippen LogP) is 1.60. The Morgan fingerprint density at radius 1 is 1.46 bits per heavy atom. The van der Waals surface area contributed by atoms with Crippen LogP contribution < -0.4 is 5.73 Å². The molecule has 3 N–H and O–H groups in total. The first-order chi connectivity index (χ1) is 5.95. The fourth-order valence-corrected chi connectivity index (χ4v) is 3.36. The molecule has 2 aliphatic rings. The Balaban J connectivity index is 2.52. The first-order valence-corrected chi connectivity index (χ1v) is 4.93. The maximum Gasteiger partial charge on any atom is 0.0804 e. The van der Waals surface area contributed by atoms with Gasteiger partial charge in [0.1, 0.15) is 0 Å². The first kappa shape index (κ1) is 9.00. The molecule has 2 fully saturated rings. The van der Waals surface area contributed by atoms with Crippen molar-refractivity contribution < 1.29 is 5.21 Å². The molecule has 2 bridgehead atoms. The highest BCUT2D eigenvalue weighted by molar-refractivity contribution is 5.98. The smallest absolute Gasteiger partial charge is 0.0804 e. The summed E-state index contributed by atoms with van der Waals surface area (Å²) in [6.07, 6.45) is 2.28. The molecule has 74 valence electrons. The Bertz CT molecular complexity index is 272. The number of hydrogen-bond acceptors (Lipinski definition) is 3. The fraction of sp³-hybridized carbons (Fsp3) is 0.900. The maximum absolute atomic E-state index is 8.96. The van der Waals surface area contributed by atoms with Crippen molar-refractivity contribution in [2.45, 2.75) is 39.7 Å². The van der Waals surface area contributed by atoms with Crippen LogP contribution in [0.25, 0.3) is 0 Å². The largest absolute Gasteiger partial charge is 0.411 e. The van der Waals surface area contributed by atoms with Gasteiger partial charge in [0, 0.05) is 5.41 Å². The molecular formula is C10H18N2O. The van der Waals surface area contributed by atoms with E-state index in [1.807, 2.05) is 0 Å². The maximum atomic E-state index is 8.96. The summed E-state index contributed by atoms with van der Waals surface area (Å²) in [5, 5.41) is 12.4. The highest BCUT2D eigenvalue weighted by Crippen LogP contribution is 2.63. The van der Waals surface area contributed by atoms with Crippen LogP contribution in [0.15, 0.2) is 5.16 Å². The summed E-state index contributed by atoms with van der Waals surface area (Å²) in [7, 11) is 0. The molecule has 3 atom stereocenters. The number of oxime groups is 1. The van der Waals surface area contributed by atoms with Gasteiger partial charge in [-0.15, -0.1) is 0 Å². The summed E-state index contributed by atoms with van der Waals surface area (Å²) >= 11 is 0. The molecule has 3 heteroatoms. The van der Waals surface area contributed by atoms with Crippen molar-refractivity contribution >= 4 is 5.71 Å². The Morgan fingerprint density at radius 3 is 2.38 bits per heavy atom. The van der Waals surface area contributed by atoms with Crippen LogP contribution in [0, 0.1) is 16.7 Å². The molecule has 0 saturated heterocycles. The molecule has 0 aromatic carbocycles. The second kappa shape index (κ2) is 2.27. The Hall–Kier alpha value is -0.570. The lowest BCUT2D eigenvalue weighted by Gasteiger charge is -2.33. The third-order valence-electron chi connectivity index (χ3n) is 4.73. The number of nitrogens with zero attached hydrogens (tertiary/aromatic N) is 1. The van der Waals surface area contributed by atoms with Crippen LogP contribution >= 0.6 is 0 Å². The number of fused-ring (bicyclic) bond motifs is 2. The minimum atomic E-state index is -0.0289. The highest BCUT2D eigenvalue weighted by atomic mass is 16.4. The van der Waals surface area contributed by atoms with E-state index in [9.17, 15) is 0 Å². The fourth-order valence-electron chi connectivity index (χ4n) is 3.36. The van der Waals surface area contributed by atoms with Crippen molar-refractivity contribution in [2.75, 3.05) is 0 Å². The Labute approximate surface area is 79.0 Å². The molecule has 0 aromatic rings. The molecule has 0 radical (unpaired) electrons. The molecule has 0 aliphatic heterocycles. The summed E-state index contributed by atoms with van der Waals surface area (Å²) in [4.78, 5) is 0. The molecule has 0 spiro atoms. The standard InChI is InChI=1S/C10H18N2O/c1-9(2)6-4-5-10(9,3)8(12-13)7(6)11/h6-7,13H,4-5,11H2,1-3H3/b12-8+. The normalized spacial score (nSPS) is 50.3. The van der Waals surface area contributed by atoms with Crippen molar-refractivity contribution in [1.29, 1.82) is 0 Å². The van der Waals surface area contributed by atoms with Crippen LogP contribution in [0.1, 0.15) is 33.6 Å². The van der Waals surface area contributed by atoms with Gasteiger partial charge < -0.3 is 10.9 Å². The van der Waals surface area contributed by atoms with E-state index in [4.69, 9.17) is 10.9 Å². The first-order valence-electron chi connectivity index (χ1n) is 4.93. The molecular weight excluding hydrogens is 164 g/mol. The van der Waals surface area contributed by atoms with E-state index in [0.29, 0.717) is 5.92 Å². The van der Waals surface area contributed by atoms with Crippen LogP contribution in [-0.4, -0.2) is 17.0 Å². The van der Waals surface area contributed by atoms with E-state index in [1.54, 1.807) is 0 Å². The van der Waals surface area contributed by atoms with E-state index in [-0.39, 0.29) is 16.9 Å². The molecule has 2 aliphatic carbocycles. The molecule has 0 heterocycles. The second-order valence-electron chi connectivity index (χ2n) is 5.21. The Morgan fingerprint density at radius 2 is 2.08 bits per heavy atom. The predicted molar refractivity (Wildman–Crippen MR) is 51.8 cm³/mol. The van der Waals surface area contributed by atoms with Gasteiger partial charge in [-0.2, -0.15) is 0 Å². The van der Waals surface area contributed by atoms with Gasteiger partial charge in [-0.25, -0.2) is 0 Å². The van der Waals surface area contributed by atoms with Gasteiger partial charge in [-0.05, 0) is 24.2 Å². The quantitative estimate of drug-likeness (QED) is 0.441. The van der Waals surface area contributed by atoms with E-state index in [1.165, 1.54) is 6.42 Å². The summed E-state index contributed by atoms with van der Waals surface area (Å²) in [6.45, 7) is 6.65. The van der Waals surface area contributed by atoms with Crippen LogP contribution in [0.3, 0.4) is 0 Å². The number of nitrogens with two attached hydrogens (primary N) is 1. The third-order valence-corrected chi connectivity index (χ3v) is 4.73. The van der Waals surface area contributed by atoms with Crippen LogP contribution in [0.5, 0.6) is 0 Å². The lowest BCUT2D eigenvalue weighted by molar-refractivity contribution is 0.186. The summed E-state index contributed by atoms with van der Waals surface area (Å²) < 4.78 is 0. The van der Waals surface area contributed by atoms with Crippen molar-refractivity contribution in [3.8, 4) is 0 Å². The summed E-state index contributed by atoms with van der Waals surface area (Å²) in [5.41, 5.74) is 7.07. The average molecular weight is 182 g/mol. The summed E-state index contributed by atoms with van der Waals surface area (Å²) in [5.74, 6) is 0.489. The van der Waals surface area contributed by atoms with E-state index >= 15 is 0 Å². The van der Waals surface area contributed by atoms with Crippen molar-refractivity contribution in [1.82, 2.24) is 0 Å². The van der Waals surface area contributed by atoms with Crippen LogP contribution in [0.4, 0.5) is 0 Å². The number of rotatable bonds is 0. The molecule has 3 unspecified atom stereocenters. The van der Waals surface area contributed by atoms with Gasteiger partial charge in [0.25, 0.3) is 0 Å². The van der Waals surface area contributed by atoms with Crippen LogP contribution in [-0.2, 0) is 0 Å². The zero-order valence-corrected chi connectivity index (χ0v) is 8.54. The van der Waals surface area contributed by atoms with Crippen molar-refractivity contribution in [3.63, 3.8) is 0 Å². The third kappa shape index (κ3) is 0.766. The second-order valence-corrected chi connectivity index (χ2v) is 5.21.